The van der Waals surface area contributed by atoms with Gasteiger partial charge in [0.1, 0.15) is 5.02 Å². The summed E-state index contributed by atoms with van der Waals surface area (Å²) in [7, 11) is 0. The molecular weight excluding hydrogens is 367 g/mol. The van der Waals surface area contributed by atoms with E-state index in [1.54, 1.807) is 0 Å². The molecule has 0 atom stereocenters. The number of rotatable bonds is 6. The van der Waals surface area contributed by atoms with Gasteiger partial charge in [-0.1, -0.05) is 11.6 Å². The van der Waals surface area contributed by atoms with Crippen LogP contribution in [0.1, 0.15) is 21.1 Å². The van der Waals surface area contributed by atoms with E-state index in [1.807, 2.05) is 12.3 Å². The second-order valence-electron chi connectivity index (χ2n) is 4.80. The molecule has 10 heteroatoms. The summed E-state index contributed by atoms with van der Waals surface area (Å²) in [5, 5.41) is 5.32. The van der Waals surface area contributed by atoms with Crippen LogP contribution in [0.25, 0.3) is 0 Å². The average Bonchev–Trinajstić information content (AvgIpc) is 2.90. The normalized spacial score (nSPS) is 11.4. The van der Waals surface area contributed by atoms with Gasteiger partial charge < -0.3 is 10.1 Å². The summed E-state index contributed by atoms with van der Waals surface area (Å²) < 4.78 is 40.8. The third kappa shape index (κ3) is 5.64. The molecule has 2 heterocycles. The first-order valence-corrected chi connectivity index (χ1v) is 8.04. The number of hydrogen-bond acceptors (Lipinski definition) is 5. The maximum Gasteiger partial charge on any atom is 0.422 e. The number of halogens is 4. The maximum absolute atomic E-state index is 12.1. The monoisotopic (exact) mass is 379 g/mol. The van der Waals surface area contributed by atoms with Crippen molar-refractivity contribution in [3.63, 3.8) is 0 Å². The highest BCUT2D eigenvalue weighted by Gasteiger charge is 2.29. The van der Waals surface area contributed by atoms with Gasteiger partial charge in [0.05, 0.1) is 10.6 Å². The smallest absolute Gasteiger partial charge is 0.422 e. The topological polar surface area (TPSA) is 64.1 Å². The Bertz CT molecular complexity index is 722. The van der Waals surface area contributed by atoms with E-state index in [4.69, 9.17) is 11.6 Å². The summed E-state index contributed by atoms with van der Waals surface area (Å²) in [6.07, 6.45) is -2.80. The van der Waals surface area contributed by atoms with Crippen LogP contribution in [0.15, 0.2) is 17.6 Å². The van der Waals surface area contributed by atoms with Gasteiger partial charge >= 0.3 is 6.18 Å². The Balaban J connectivity index is 1.89. The van der Waals surface area contributed by atoms with Crippen LogP contribution in [0.3, 0.4) is 0 Å². The number of ether oxygens (including phenoxy) is 1. The Morgan fingerprint density at radius 1 is 1.46 bits per heavy atom. The lowest BCUT2D eigenvalue weighted by atomic mass is 10.2. The molecule has 2 aromatic heterocycles. The van der Waals surface area contributed by atoms with Crippen LogP contribution in [-0.4, -0.2) is 35.2 Å². The number of nitrogens with one attached hydrogen (secondary N) is 1. The molecule has 2 aromatic rings. The van der Waals surface area contributed by atoms with Crippen LogP contribution >= 0.6 is 22.9 Å². The van der Waals surface area contributed by atoms with Gasteiger partial charge in [-0.2, -0.15) is 13.2 Å². The molecule has 24 heavy (non-hydrogen) atoms. The fraction of sp³-hybridized carbons (Fsp3) is 0.357. The molecule has 0 aliphatic heterocycles. The van der Waals surface area contributed by atoms with Crippen molar-refractivity contribution in [1.29, 1.82) is 0 Å². The Morgan fingerprint density at radius 2 is 2.21 bits per heavy atom. The molecule has 0 aliphatic carbocycles. The number of alkyl halides is 3. The van der Waals surface area contributed by atoms with Gasteiger partial charge in [-0.25, -0.2) is 9.97 Å². The number of aromatic nitrogens is 2. The van der Waals surface area contributed by atoms with E-state index < -0.39 is 18.7 Å². The van der Waals surface area contributed by atoms with E-state index >= 15 is 0 Å². The maximum atomic E-state index is 12.1. The highest BCUT2D eigenvalue weighted by Crippen LogP contribution is 2.24. The molecular formula is C14H13ClF3N3O2S. The van der Waals surface area contributed by atoms with Crippen molar-refractivity contribution in [1.82, 2.24) is 15.3 Å². The predicted molar refractivity (Wildman–Crippen MR) is 83.7 cm³/mol. The average molecular weight is 380 g/mol. The molecule has 0 bridgehead atoms. The lowest BCUT2D eigenvalue weighted by Gasteiger charge is -2.10. The van der Waals surface area contributed by atoms with Gasteiger partial charge in [0.15, 0.2) is 6.61 Å². The molecule has 0 unspecified atom stereocenters. The van der Waals surface area contributed by atoms with Crippen LogP contribution in [0.5, 0.6) is 5.88 Å². The molecule has 0 aliphatic rings. The summed E-state index contributed by atoms with van der Waals surface area (Å²) in [5.74, 6) is -0.802. The van der Waals surface area contributed by atoms with Crippen molar-refractivity contribution in [2.24, 2.45) is 0 Å². The quantitative estimate of drug-likeness (QED) is 0.835. The number of hydrogen-bond donors (Lipinski definition) is 1. The molecule has 2 rings (SSSR count). The number of amides is 1. The summed E-state index contributed by atoms with van der Waals surface area (Å²) in [6, 6.07) is 1.21. The zero-order valence-electron chi connectivity index (χ0n) is 12.5. The van der Waals surface area contributed by atoms with Gasteiger partial charge in [0, 0.05) is 30.2 Å². The Morgan fingerprint density at radius 3 is 2.79 bits per heavy atom. The largest absolute Gasteiger partial charge is 0.467 e. The summed E-state index contributed by atoms with van der Waals surface area (Å²) in [5.41, 5.74) is 1.06. The van der Waals surface area contributed by atoms with Crippen LogP contribution in [-0.2, 0) is 6.42 Å². The fourth-order valence-electron chi connectivity index (χ4n) is 1.71. The van der Waals surface area contributed by atoms with E-state index in [9.17, 15) is 18.0 Å². The summed E-state index contributed by atoms with van der Waals surface area (Å²) in [6.45, 7) is 0.753. The highest BCUT2D eigenvalue weighted by atomic mass is 35.5. The first kappa shape index (κ1) is 18.5. The number of carbonyl (C=O) groups is 1. The van der Waals surface area contributed by atoms with Gasteiger partial charge in [-0.15, -0.1) is 11.3 Å². The van der Waals surface area contributed by atoms with Crippen LogP contribution in [0.4, 0.5) is 13.2 Å². The Hall–Kier alpha value is -1.87. The predicted octanol–water partition coefficient (Wildman–Crippen LogP) is 3.41. The van der Waals surface area contributed by atoms with Crippen LogP contribution in [0, 0.1) is 6.92 Å². The van der Waals surface area contributed by atoms with Crippen LogP contribution < -0.4 is 10.1 Å². The SMILES string of the molecule is Cc1csc(CCNC(=O)c2cnc(OCC(F)(F)F)c(Cl)c2)n1. The van der Waals surface area contributed by atoms with Gasteiger partial charge in [0.25, 0.3) is 5.91 Å². The first-order chi connectivity index (χ1) is 11.2. The molecule has 1 amide bonds. The van der Waals surface area contributed by atoms with E-state index in [-0.39, 0.29) is 16.5 Å². The third-order valence-corrected chi connectivity index (χ3v) is 4.03. The van der Waals surface area contributed by atoms with Gasteiger partial charge in [-0.3, -0.25) is 4.79 Å². The van der Waals surface area contributed by atoms with Crippen LogP contribution in [0.2, 0.25) is 5.02 Å². The molecule has 130 valence electrons. The standard InChI is InChI=1S/C14H13ClF3N3O2S/c1-8-6-24-11(21-8)2-3-19-12(22)9-4-10(15)13(20-5-9)23-7-14(16,17)18/h4-6H,2-3,7H2,1H3,(H,19,22). The van der Waals surface area contributed by atoms with E-state index in [0.29, 0.717) is 13.0 Å². The lowest BCUT2D eigenvalue weighted by molar-refractivity contribution is -0.154. The molecule has 0 aromatic carbocycles. The van der Waals surface area contributed by atoms with Gasteiger partial charge in [0.2, 0.25) is 5.88 Å². The van der Waals surface area contributed by atoms with Crippen molar-refractivity contribution in [2.45, 2.75) is 19.5 Å². The highest BCUT2D eigenvalue weighted by molar-refractivity contribution is 7.09. The van der Waals surface area contributed by atoms with Crippen molar-refractivity contribution >= 4 is 28.8 Å². The molecule has 0 radical (unpaired) electrons. The van der Waals surface area contributed by atoms with Crippen molar-refractivity contribution < 1.29 is 22.7 Å². The zero-order valence-corrected chi connectivity index (χ0v) is 14.1. The molecule has 0 spiro atoms. The third-order valence-electron chi connectivity index (χ3n) is 2.73. The molecule has 0 saturated heterocycles. The molecule has 0 fully saturated rings. The summed E-state index contributed by atoms with van der Waals surface area (Å²) >= 11 is 7.30. The van der Waals surface area contributed by atoms with Gasteiger partial charge in [-0.05, 0) is 13.0 Å². The Kier molecular flexibility index (Phi) is 6.00. The van der Waals surface area contributed by atoms with E-state index in [2.05, 4.69) is 20.0 Å². The zero-order chi connectivity index (χ0) is 17.7. The van der Waals surface area contributed by atoms with Crippen molar-refractivity contribution in [3.8, 4) is 5.88 Å². The number of carbonyl (C=O) groups excluding carboxylic acids is 1. The first-order valence-electron chi connectivity index (χ1n) is 6.79. The Labute approximate surface area is 144 Å². The molecule has 1 N–H and O–H groups in total. The van der Waals surface area contributed by atoms with E-state index in [0.717, 1.165) is 16.9 Å². The lowest BCUT2D eigenvalue weighted by Crippen LogP contribution is -2.26. The van der Waals surface area contributed by atoms with E-state index in [1.165, 1.54) is 17.4 Å². The number of pyridine rings is 1. The summed E-state index contributed by atoms with van der Waals surface area (Å²) in [4.78, 5) is 19.9. The molecule has 5 nitrogen and oxygen atoms in total. The minimum absolute atomic E-state index is 0.134. The molecule has 0 saturated carbocycles. The second-order valence-corrected chi connectivity index (χ2v) is 6.15. The van der Waals surface area contributed by atoms with Crippen molar-refractivity contribution in [3.05, 3.63) is 38.9 Å². The number of aryl methyl sites for hydroxylation is 1. The number of nitrogens with zero attached hydrogens (tertiary/aromatic N) is 2. The minimum atomic E-state index is -4.49. The fourth-order valence-corrected chi connectivity index (χ4v) is 2.71. The van der Waals surface area contributed by atoms with Crippen molar-refractivity contribution in [2.75, 3.05) is 13.2 Å². The minimum Gasteiger partial charge on any atom is -0.467 e. The second kappa shape index (κ2) is 7.80. The number of thiazole rings is 1.